The third kappa shape index (κ3) is 5.58. The average Bonchev–Trinajstić information content (AvgIpc) is 3.40. The summed E-state index contributed by atoms with van der Waals surface area (Å²) in [4.78, 5) is 23.9. The van der Waals surface area contributed by atoms with Crippen LogP contribution in [0.25, 0.3) is 10.9 Å². The second-order valence-electron chi connectivity index (χ2n) is 9.67. The summed E-state index contributed by atoms with van der Waals surface area (Å²) in [5.74, 6) is 0.195. The van der Waals surface area contributed by atoms with Gasteiger partial charge in [0.2, 0.25) is 5.91 Å². The van der Waals surface area contributed by atoms with E-state index in [-0.39, 0.29) is 17.0 Å². The highest BCUT2D eigenvalue weighted by atomic mass is 35.5. The first-order chi connectivity index (χ1) is 18.5. The molecule has 2 N–H and O–H groups in total. The van der Waals surface area contributed by atoms with Crippen LogP contribution in [0.15, 0.2) is 48.8 Å². The lowest BCUT2D eigenvalue weighted by Crippen LogP contribution is -2.57. The summed E-state index contributed by atoms with van der Waals surface area (Å²) in [6, 6.07) is 7.88. The number of halogens is 2. The Morgan fingerprint density at radius 1 is 1.24 bits per heavy atom. The van der Waals surface area contributed by atoms with Crippen LogP contribution in [-0.2, 0) is 14.3 Å². The SMILES string of the molecule is O=C(/C=C/CN1CC2CC(C1)O2)Nc1cc2c(Nc3ccc(F)c(Cl)c3)ncnc2cc1OC1CCOC1. The van der Waals surface area contributed by atoms with Gasteiger partial charge in [-0.3, -0.25) is 9.69 Å². The van der Waals surface area contributed by atoms with Crippen molar-refractivity contribution in [2.24, 2.45) is 0 Å². The minimum atomic E-state index is -0.508. The van der Waals surface area contributed by atoms with E-state index in [1.165, 1.54) is 24.5 Å². The second-order valence-corrected chi connectivity index (χ2v) is 10.1. The van der Waals surface area contributed by atoms with Crippen LogP contribution < -0.4 is 15.4 Å². The zero-order valence-electron chi connectivity index (χ0n) is 20.5. The summed E-state index contributed by atoms with van der Waals surface area (Å²) in [5.41, 5.74) is 1.67. The van der Waals surface area contributed by atoms with Gasteiger partial charge < -0.3 is 24.8 Å². The van der Waals surface area contributed by atoms with Gasteiger partial charge in [-0.25, -0.2) is 14.4 Å². The number of morpholine rings is 1. The van der Waals surface area contributed by atoms with Crippen molar-refractivity contribution in [1.29, 1.82) is 0 Å². The van der Waals surface area contributed by atoms with Crippen molar-refractivity contribution in [3.8, 4) is 5.75 Å². The largest absolute Gasteiger partial charge is 0.486 e. The number of ether oxygens (including phenoxy) is 3. The number of piperidine rings is 1. The maximum atomic E-state index is 13.6. The van der Waals surface area contributed by atoms with Crippen LogP contribution in [0.4, 0.5) is 21.6 Å². The van der Waals surface area contributed by atoms with Gasteiger partial charge >= 0.3 is 0 Å². The number of nitrogens with one attached hydrogen (secondary N) is 2. The number of carbonyl (C=O) groups excluding carboxylic acids is 1. The molecule has 4 aliphatic heterocycles. The molecule has 1 amide bonds. The number of hydrogen-bond acceptors (Lipinski definition) is 8. The summed E-state index contributed by atoms with van der Waals surface area (Å²) < 4.78 is 30.9. The molecule has 5 heterocycles. The predicted molar refractivity (Wildman–Crippen MR) is 142 cm³/mol. The Kier molecular flexibility index (Phi) is 7.12. The van der Waals surface area contributed by atoms with Crippen LogP contribution >= 0.6 is 11.6 Å². The van der Waals surface area contributed by atoms with Crippen LogP contribution in [0.5, 0.6) is 5.75 Å². The molecule has 1 aromatic heterocycles. The van der Waals surface area contributed by atoms with Crippen molar-refractivity contribution in [3.63, 3.8) is 0 Å². The maximum absolute atomic E-state index is 13.6. The lowest BCUT2D eigenvalue weighted by molar-refractivity contribution is -0.178. The Hall–Kier alpha value is -3.31. The van der Waals surface area contributed by atoms with E-state index in [1.54, 1.807) is 18.2 Å². The van der Waals surface area contributed by atoms with E-state index >= 15 is 0 Å². The molecule has 198 valence electrons. The highest BCUT2D eigenvalue weighted by molar-refractivity contribution is 6.31. The third-order valence-electron chi connectivity index (χ3n) is 6.83. The Morgan fingerprint density at radius 3 is 2.84 bits per heavy atom. The molecule has 4 fully saturated rings. The normalized spacial score (nSPS) is 22.9. The highest BCUT2D eigenvalue weighted by Crippen LogP contribution is 2.35. The number of nitrogens with zero attached hydrogens (tertiary/aromatic N) is 3. The van der Waals surface area contributed by atoms with E-state index in [9.17, 15) is 9.18 Å². The molecule has 0 saturated carbocycles. The van der Waals surface area contributed by atoms with Crippen molar-refractivity contribution < 1.29 is 23.4 Å². The summed E-state index contributed by atoms with van der Waals surface area (Å²) >= 11 is 5.95. The monoisotopic (exact) mass is 539 g/mol. The van der Waals surface area contributed by atoms with Gasteiger partial charge in [0.1, 0.15) is 29.8 Å². The van der Waals surface area contributed by atoms with Gasteiger partial charge in [-0.2, -0.15) is 0 Å². The topological polar surface area (TPSA) is 97.8 Å². The lowest BCUT2D eigenvalue weighted by atomic mass is 9.99. The van der Waals surface area contributed by atoms with Crippen LogP contribution in [0.3, 0.4) is 0 Å². The first-order valence-corrected chi connectivity index (χ1v) is 13.0. The van der Waals surface area contributed by atoms with E-state index in [4.69, 9.17) is 25.8 Å². The maximum Gasteiger partial charge on any atom is 0.248 e. The van der Waals surface area contributed by atoms with Crippen LogP contribution in [0, 0.1) is 5.82 Å². The number of amides is 1. The van der Waals surface area contributed by atoms with Crippen molar-refractivity contribution in [2.75, 3.05) is 43.5 Å². The Balaban J connectivity index is 1.24. The minimum Gasteiger partial charge on any atom is -0.486 e. The Bertz CT molecular complexity index is 1370. The molecule has 4 saturated heterocycles. The zero-order valence-corrected chi connectivity index (χ0v) is 21.3. The molecule has 11 heteroatoms. The molecule has 3 atom stereocenters. The molecule has 9 nitrogen and oxygen atoms in total. The summed E-state index contributed by atoms with van der Waals surface area (Å²) in [5, 5.41) is 6.76. The molecule has 0 spiro atoms. The molecule has 0 aliphatic carbocycles. The van der Waals surface area contributed by atoms with E-state index in [1.807, 2.05) is 6.08 Å². The van der Waals surface area contributed by atoms with Gasteiger partial charge in [0, 0.05) is 55.7 Å². The van der Waals surface area contributed by atoms with Gasteiger partial charge in [-0.1, -0.05) is 17.7 Å². The van der Waals surface area contributed by atoms with Gasteiger partial charge in [-0.15, -0.1) is 0 Å². The number of aromatic nitrogens is 2. The smallest absolute Gasteiger partial charge is 0.248 e. The summed E-state index contributed by atoms with van der Waals surface area (Å²) in [6.07, 6.45) is 7.24. The van der Waals surface area contributed by atoms with E-state index < -0.39 is 5.82 Å². The van der Waals surface area contributed by atoms with Crippen molar-refractivity contribution in [1.82, 2.24) is 14.9 Å². The van der Waals surface area contributed by atoms with Crippen LogP contribution in [-0.4, -0.2) is 71.9 Å². The molecule has 4 aliphatic rings. The molecule has 3 aromatic rings. The second kappa shape index (κ2) is 10.8. The molecule has 2 aromatic carbocycles. The first-order valence-electron chi connectivity index (χ1n) is 12.6. The number of anilines is 3. The first kappa shape index (κ1) is 25.0. The lowest BCUT2D eigenvalue weighted by Gasteiger charge is -2.46. The van der Waals surface area contributed by atoms with E-state index in [2.05, 4.69) is 25.5 Å². The van der Waals surface area contributed by atoms with Gasteiger partial charge in [0.05, 0.1) is 41.6 Å². The van der Waals surface area contributed by atoms with Gasteiger partial charge in [0.15, 0.2) is 0 Å². The molecule has 2 bridgehead atoms. The van der Waals surface area contributed by atoms with E-state index in [0.29, 0.717) is 65.8 Å². The summed E-state index contributed by atoms with van der Waals surface area (Å²) in [7, 11) is 0. The zero-order chi connectivity index (χ0) is 26.1. The number of carbonyl (C=O) groups is 1. The molecule has 0 radical (unpaired) electrons. The standard InChI is InChI=1S/C27H27ClFN5O4/c28-21-8-16(3-4-22(21)29)32-27-20-10-24(25(11-23(20)30-15-31-27)38-17-5-7-36-14-17)33-26(35)2-1-6-34-12-18-9-19(13-34)37-18/h1-4,8,10-11,15,17-19H,5-7,9,12-14H2,(H,33,35)(H,30,31,32)/b2-1+. The Labute approximate surface area is 223 Å². The fraction of sp³-hybridized carbons (Fsp3) is 0.370. The molecule has 7 rings (SSSR count). The number of hydrogen-bond donors (Lipinski definition) is 2. The molecule has 3 unspecified atom stereocenters. The van der Waals surface area contributed by atoms with Crippen LogP contribution in [0.2, 0.25) is 5.02 Å². The molecular formula is C27H27ClFN5O4. The number of fused-ring (bicyclic) bond motifs is 3. The predicted octanol–water partition coefficient (Wildman–Crippen LogP) is 4.30. The third-order valence-corrected chi connectivity index (χ3v) is 7.12. The average molecular weight is 540 g/mol. The van der Waals surface area contributed by atoms with Gasteiger partial charge in [-0.05, 0) is 24.3 Å². The van der Waals surface area contributed by atoms with Gasteiger partial charge in [0.25, 0.3) is 0 Å². The number of benzene rings is 2. The van der Waals surface area contributed by atoms with Crippen molar-refractivity contribution in [2.45, 2.75) is 31.2 Å². The quantitative estimate of drug-likeness (QED) is 0.409. The Morgan fingerprint density at radius 2 is 2.08 bits per heavy atom. The number of rotatable bonds is 8. The minimum absolute atomic E-state index is 0.00308. The molecular weight excluding hydrogens is 513 g/mol. The molecule has 38 heavy (non-hydrogen) atoms. The van der Waals surface area contributed by atoms with Crippen molar-refractivity contribution in [3.05, 3.63) is 59.7 Å². The van der Waals surface area contributed by atoms with E-state index in [0.717, 1.165) is 25.9 Å². The highest BCUT2D eigenvalue weighted by Gasteiger charge is 2.37. The fourth-order valence-corrected chi connectivity index (χ4v) is 5.13. The summed E-state index contributed by atoms with van der Waals surface area (Å²) in [6.45, 7) is 3.58. The van der Waals surface area contributed by atoms with Crippen molar-refractivity contribution >= 4 is 45.6 Å². The fourth-order valence-electron chi connectivity index (χ4n) is 4.95. The van der Waals surface area contributed by atoms with Crippen LogP contribution in [0.1, 0.15) is 12.8 Å².